The second-order valence-corrected chi connectivity index (χ2v) is 5.26. The highest BCUT2D eigenvalue weighted by Gasteiger charge is 2.43. The van der Waals surface area contributed by atoms with E-state index in [0.717, 1.165) is 6.07 Å². The topological polar surface area (TPSA) is 125 Å². The smallest absolute Gasteiger partial charge is 0.330 e. The van der Waals surface area contributed by atoms with Crippen LogP contribution in [0.15, 0.2) is 12.1 Å². The number of carboxylic acids is 1. The summed E-state index contributed by atoms with van der Waals surface area (Å²) in [5.41, 5.74) is -1.31. The highest BCUT2D eigenvalue weighted by atomic mass is 32.2. The van der Waals surface area contributed by atoms with Gasteiger partial charge < -0.3 is 20.5 Å². The van der Waals surface area contributed by atoms with Crippen LogP contribution in [0.5, 0.6) is 0 Å². The molecule has 1 fully saturated rings. The minimum Gasteiger partial charge on any atom is -0.479 e. The maximum atomic E-state index is 11.9. The molecule has 0 radical (unpaired) electrons. The molecule has 0 aromatic carbocycles. The Morgan fingerprint density at radius 1 is 1.53 bits per heavy atom. The molecule has 1 amide bonds. The maximum absolute atomic E-state index is 11.9. The monoisotopic (exact) mass is 285 g/mol. The average Bonchev–Trinajstić information content (AvgIpc) is 2.97. The molecule has 0 spiro atoms. The number of hydrogen-bond donors (Lipinski definition) is 3. The highest BCUT2D eigenvalue weighted by Crippen LogP contribution is 2.28. The molecular formula is C10H11N3O5S. The molecule has 1 atom stereocenters. The number of aromatic nitrogens is 1. The summed E-state index contributed by atoms with van der Waals surface area (Å²) in [6.07, 6.45) is 0.335. The number of rotatable bonds is 4. The molecular weight excluding hydrogens is 274 g/mol. The van der Waals surface area contributed by atoms with E-state index in [2.05, 4.69) is 10.3 Å². The van der Waals surface area contributed by atoms with Crippen LogP contribution in [-0.4, -0.2) is 43.9 Å². The first kappa shape index (κ1) is 13.4. The first-order valence-electron chi connectivity index (χ1n) is 5.42. The number of amides is 1. The van der Waals surface area contributed by atoms with E-state index in [9.17, 15) is 24.8 Å². The molecule has 1 unspecified atom stereocenters. The van der Waals surface area contributed by atoms with Crippen molar-refractivity contribution in [1.82, 2.24) is 10.3 Å². The lowest BCUT2D eigenvalue weighted by molar-refractivity contribution is -0.389. The van der Waals surface area contributed by atoms with Gasteiger partial charge in [0.1, 0.15) is 5.54 Å². The van der Waals surface area contributed by atoms with E-state index in [1.54, 1.807) is 0 Å². The van der Waals surface area contributed by atoms with Gasteiger partial charge in [-0.05, 0) is 23.2 Å². The van der Waals surface area contributed by atoms with E-state index in [-0.39, 0.29) is 17.3 Å². The number of aromatic amines is 1. The molecule has 0 saturated carbocycles. The molecule has 2 rings (SSSR count). The fourth-order valence-corrected chi connectivity index (χ4v) is 3.12. The zero-order chi connectivity index (χ0) is 14.0. The molecule has 1 saturated heterocycles. The standard InChI is InChI=1S/C10H11N3O5S/c14-8(6-1-2-7(11-6)13(17)18)12-10(9(15)16)3-4-19-5-10/h1-2,11H,3-5H2,(H,12,14)(H,15,16). The van der Waals surface area contributed by atoms with Gasteiger partial charge in [0.25, 0.3) is 5.91 Å². The second kappa shape index (κ2) is 4.92. The number of aliphatic carboxylic acids is 1. The lowest BCUT2D eigenvalue weighted by atomic mass is 9.99. The molecule has 0 aliphatic carbocycles. The van der Waals surface area contributed by atoms with Gasteiger partial charge in [0.15, 0.2) is 5.69 Å². The van der Waals surface area contributed by atoms with Gasteiger partial charge in [-0.1, -0.05) is 0 Å². The number of H-pyrrole nitrogens is 1. The van der Waals surface area contributed by atoms with Crippen LogP contribution in [0.2, 0.25) is 0 Å². The number of carboxylic acid groups (broad SMARTS) is 1. The van der Waals surface area contributed by atoms with E-state index in [1.165, 1.54) is 17.8 Å². The number of nitrogens with zero attached hydrogens (tertiary/aromatic N) is 1. The molecule has 2 heterocycles. The van der Waals surface area contributed by atoms with Gasteiger partial charge in [-0.15, -0.1) is 0 Å². The zero-order valence-corrected chi connectivity index (χ0v) is 10.5. The van der Waals surface area contributed by atoms with E-state index in [4.69, 9.17) is 0 Å². The fraction of sp³-hybridized carbons (Fsp3) is 0.400. The average molecular weight is 285 g/mol. The van der Waals surface area contributed by atoms with Crippen molar-refractivity contribution in [3.8, 4) is 0 Å². The lowest BCUT2D eigenvalue weighted by Crippen LogP contribution is -2.54. The molecule has 1 aromatic rings. The predicted molar refractivity (Wildman–Crippen MR) is 67.2 cm³/mol. The van der Waals surface area contributed by atoms with Crippen LogP contribution in [0, 0.1) is 10.1 Å². The van der Waals surface area contributed by atoms with E-state index < -0.39 is 22.3 Å². The molecule has 1 aromatic heterocycles. The number of nitro groups is 1. The highest BCUT2D eigenvalue weighted by molar-refractivity contribution is 7.99. The Kier molecular flexibility index (Phi) is 3.47. The summed E-state index contributed by atoms with van der Waals surface area (Å²) < 4.78 is 0. The fourth-order valence-electron chi connectivity index (χ4n) is 1.79. The van der Waals surface area contributed by atoms with Crippen LogP contribution in [0.1, 0.15) is 16.9 Å². The van der Waals surface area contributed by atoms with Crippen LogP contribution >= 0.6 is 11.8 Å². The van der Waals surface area contributed by atoms with Gasteiger partial charge >= 0.3 is 11.8 Å². The van der Waals surface area contributed by atoms with E-state index in [1.807, 2.05) is 0 Å². The molecule has 8 nitrogen and oxygen atoms in total. The van der Waals surface area contributed by atoms with E-state index >= 15 is 0 Å². The van der Waals surface area contributed by atoms with Crippen LogP contribution in [-0.2, 0) is 4.79 Å². The maximum Gasteiger partial charge on any atom is 0.330 e. The third-order valence-electron chi connectivity index (χ3n) is 2.90. The molecule has 1 aliphatic rings. The summed E-state index contributed by atoms with van der Waals surface area (Å²) in [5, 5.41) is 22.2. The molecule has 102 valence electrons. The predicted octanol–water partition coefficient (Wildman–Crippen LogP) is 0.613. The summed E-state index contributed by atoms with van der Waals surface area (Å²) in [6.45, 7) is 0. The molecule has 1 aliphatic heterocycles. The van der Waals surface area contributed by atoms with Crippen molar-refractivity contribution in [2.75, 3.05) is 11.5 Å². The number of nitrogens with one attached hydrogen (secondary N) is 2. The molecule has 19 heavy (non-hydrogen) atoms. The van der Waals surface area contributed by atoms with Crippen LogP contribution < -0.4 is 5.32 Å². The third-order valence-corrected chi connectivity index (χ3v) is 4.09. The number of hydrogen-bond acceptors (Lipinski definition) is 5. The van der Waals surface area contributed by atoms with Gasteiger partial charge in [-0.25, -0.2) is 9.78 Å². The summed E-state index contributed by atoms with van der Waals surface area (Å²) in [4.78, 5) is 35.3. The number of carbonyl (C=O) groups is 2. The van der Waals surface area contributed by atoms with Crippen LogP contribution in [0.25, 0.3) is 0 Å². The van der Waals surface area contributed by atoms with Gasteiger partial charge in [0, 0.05) is 11.8 Å². The van der Waals surface area contributed by atoms with Gasteiger partial charge in [0.05, 0.1) is 0 Å². The van der Waals surface area contributed by atoms with Crippen molar-refractivity contribution >= 4 is 29.5 Å². The molecule has 9 heteroatoms. The number of carbonyl (C=O) groups excluding carboxylic acids is 1. The van der Waals surface area contributed by atoms with Crippen molar-refractivity contribution in [1.29, 1.82) is 0 Å². The Balaban J connectivity index is 2.15. The minimum atomic E-state index is -1.29. The third kappa shape index (κ3) is 2.55. The van der Waals surface area contributed by atoms with Crippen LogP contribution in [0.4, 0.5) is 5.82 Å². The Morgan fingerprint density at radius 2 is 2.26 bits per heavy atom. The quantitative estimate of drug-likeness (QED) is 0.550. The summed E-state index contributed by atoms with van der Waals surface area (Å²) >= 11 is 1.44. The Bertz CT molecular complexity index is 535. The first-order chi connectivity index (χ1) is 8.94. The van der Waals surface area contributed by atoms with Crippen molar-refractivity contribution in [3.05, 3.63) is 27.9 Å². The lowest BCUT2D eigenvalue weighted by Gasteiger charge is -2.23. The molecule has 0 bridgehead atoms. The van der Waals surface area contributed by atoms with Crippen LogP contribution in [0.3, 0.4) is 0 Å². The van der Waals surface area contributed by atoms with Gasteiger partial charge in [0.2, 0.25) is 0 Å². The Morgan fingerprint density at radius 3 is 2.74 bits per heavy atom. The van der Waals surface area contributed by atoms with Gasteiger partial charge in [-0.2, -0.15) is 11.8 Å². The number of thioether (sulfide) groups is 1. The van der Waals surface area contributed by atoms with Crippen molar-refractivity contribution in [3.63, 3.8) is 0 Å². The SMILES string of the molecule is O=C(NC1(C(=O)O)CCSC1)c1ccc([N+](=O)[O-])[nH]1. The summed E-state index contributed by atoms with van der Waals surface area (Å²) in [6, 6.07) is 2.41. The minimum absolute atomic E-state index is 0.0239. The van der Waals surface area contributed by atoms with Gasteiger partial charge in [-0.3, -0.25) is 4.79 Å². The van der Waals surface area contributed by atoms with Crippen molar-refractivity contribution < 1.29 is 19.6 Å². The summed E-state index contributed by atoms with van der Waals surface area (Å²) in [7, 11) is 0. The van der Waals surface area contributed by atoms with Crippen molar-refractivity contribution in [2.24, 2.45) is 0 Å². The zero-order valence-electron chi connectivity index (χ0n) is 9.71. The van der Waals surface area contributed by atoms with Crippen molar-refractivity contribution in [2.45, 2.75) is 12.0 Å². The Hall–Kier alpha value is -2.03. The molecule has 3 N–H and O–H groups in total. The normalized spacial score (nSPS) is 22.1. The second-order valence-electron chi connectivity index (χ2n) is 4.16. The van der Waals surface area contributed by atoms with E-state index in [0.29, 0.717) is 12.2 Å². The summed E-state index contributed by atoms with van der Waals surface area (Å²) in [5.74, 6) is -1.12. The Labute approximate surface area is 111 Å². The largest absolute Gasteiger partial charge is 0.479 e. The first-order valence-corrected chi connectivity index (χ1v) is 6.57.